The van der Waals surface area contributed by atoms with Crippen molar-refractivity contribution in [2.24, 2.45) is 0 Å². The van der Waals surface area contributed by atoms with Gasteiger partial charge in [0.15, 0.2) is 0 Å². The van der Waals surface area contributed by atoms with Crippen LogP contribution in [0.2, 0.25) is 0 Å². The van der Waals surface area contributed by atoms with Gasteiger partial charge in [0.05, 0.1) is 11.0 Å². The molecule has 250 valence electrons. The number of alkyl halides is 6. The lowest BCUT2D eigenvalue weighted by atomic mass is 9.82. The molecule has 0 spiro atoms. The first-order valence-corrected chi connectivity index (χ1v) is 16.8. The molecule has 2 aliphatic rings. The summed E-state index contributed by atoms with van der Waals surface area (Å²) in [5.74, 6) is -15.9. The zero-order chi connectivity index (χ0) is 35.2. The van der Waals surface area contributed by atoms with E-state index in [4.69, 9.17) is 0 Å². The van der Waals surface area contributed by atoms with Gasteiger partial charge in [-0.15, -0.1) is 0 Å². The minimum Gasteiger partial charge on any atom is -0.309 e. The van der Waals surface area contributed by atoms with Gasteiger partial charge in [-0.25, -0.2) is 0 Å². The predicted octanol–water partition coefficient (Wildman–Crippen LogP) is 12.9. The lowest BCUT2D eigenvalue weighted by molar-refractivity contribution is -0.301. The van der Waals surface area contributed by atoms with Gasteiger partial charge in [0.1, 0.15) is 0 Å². The largest absolute Gasteiger partial charge is 0.380 e. The Morgan fingerprint density at radius 3 is 1.80 bits per heavy atom. The molecule has 1 aromatic heterocycles. The van der Waals surface area contributed by atoms with Crippen molar-refractivity contribution in [2.45, 2.75) is 37.0 Å². The highest BCUT2D eigenvalue weighted by atomic mass is 19.3. The van der Waals surface area contributed by atoms with Crippen LogP contribution in [-0.4, -0.2) is 10.5 Å². The first kappa shape index (κ1) is 30.3. The van der Waals surface area contributed by atoms with Gasteiger partial charge in [-0.05, 0) is 91.3 Å². The summed E-state index contributed by atoms with van der Waals surface area (Å²) in [6, 6.07) is 38.3. The quantitative estimate of drug-likeness (QED) is 0.126. The summed E-state index contributed by atoms with van der Waals surface area (Å²) in [5, 5.41) is 1.59. The normalized spacial score (nSPS) is 17.6. The van der Waals surface area contributed by atoms with Crippen molar-refractivity contribution < 1.29 is 26.3 Å². The summed E-state index contributed by atoms with van der Waals surface area (Å²) in [4.78, 5) is 0. The van der Waals surface area contributed by atoms with Gasteiger partial charge >= 0.3 is 17.8 Å². The second-order valence-electron chi connectivity index (χ2n) is 14.3. The number of nitrogens with zero attached hydrogens (tertiary/aromatic N) is 1. The second-order valence-corrected chi connectivity index (χ2v) is 14.3. The van der Waals surface area contributed by atoms with Crippen LogP contribution in [0.15, 0.2) is 127 Å². The Morgan fingerprint density at radius 1 is 0.431 bits per heavy atom. The van der Waals surface area contributed by atoms with Gasteiger partial charge in [0.2, 0.25) is 0 Å². The Balaban J connectivity index is 1.30. The molecule has 7 aromatic carbocycles. The third-order valence-corrected chi connectivity index (χ3v) is 11.3. The Morgan fingerprint density at radius 2 is 1.06 bits per heavy atom. The Labute approximate surface area is 288 Å². The number of rotatable bonds is 2. The van der Waals surface area contributed by atoms with E-state index in [0.717, 1.165) is 38.5 Å². The van der Waals surface area contributed by atoms with E-state index >= 15 is 26.3 Å². The third kappa shape index (κ3) is 3.63. The molecule has 0 fully saturated rings. The van der Waals surface area contributed by atoms with E-state index in [2.05, 4.69) is 38.1 Å². The van der Waals surface area contributed by atoms with Crippen LogP contribution >= 0.6 is 0 Å². The maximum Gasteiger partial charge on any atom is 0.380 e. The van der Waals surface area contributed by atoms with E-state index < -0.39 is 28.9 Å². The predicted molar refractivity (Wildman–Crippen MR) is 192 cm³/mol. The molecule has 51 heavy (non-hydrogen) atoms. The molecule has 1 nitrogen and oxygen atoms in total. The molecule has 0 bridgehead atoms. The SMILES string of the molecule is CC1(C)c2ccccc2-c2cc3c4ccccc4n(-c4ccc5c(c4)c4c(c6cc(-c7ccccc7)ccc65)C(F)(F)C(F)(F)C4(F)F)c3cc21. The number of para-hydroxylation sites is 1. The fourth-order valence-electron chi connectivity index (χ4n) is 8.78. The minimum absolute atomic E-state index is 0.193. The number of fused-ring (bicyclic) bond motifs is 12. The fraction of sp³-hybridized carbons (Fsp3) is 0.136. The lowest BCUT2D eigenvalue weighted by Gasteiger charge is -2.23. The summed E-state index contributed by atoms with van der Waals surface area (Å²) < 4.78 is 96.4. The van der Waals surface area contributed by atoms with E-state index in [0.29, 0.717) is 16.8 Å². The lowest BCUT2D eigenvalue weighted by Crippen LogP contribution is -2.43. The smallest absolute Gasteiger partial charge is 0.309 e. The van der Waals surface area contributed by atoms with E-state index in [1.165, 1.54) is 17.7 Å². The molecule has 0 radical (unpaired) electrons. The van der Waals surface area contributed by atoms with Crippen molar-refractivity contribution in [3.05, 3.63) is 150 Å². The molecule has 10 rings (SSSR count). The zero-order valence-electron chi connectivity index (χ0n) is 27.3. The molecule has 0 unspecified atom stereocenters. The first-order chi connectivity index (χ1) is 24.3. The summed E-state index contributed by atoms with van der Waals surface area (Å²) in [7, 11) is 0. The molecule has 2 aliphatic carbocycles. The maximum absolute atomic E-state index is 16.0. The van der Waals surface area contributed by atoms with Crippen molar-refractivity contribution >= 4 is 43.4 Å². The first-order valence-electron chi connectivity index (χ1n) is 16.8. The number of benzene rings is 7. The van der Waals surface area contributed by atoms with Gasteiger partial charge in [0.25, 0.3) is 0 Å². The molecule has 7 heteroatoms. The van der Waals surface area contributed by atoms with Crippen LogP contribution in [0.1, 0.15) is 36.1 Å². The van der Waals surface area contributed by atoms with Crippen LogP contribution in [0, 0.1) is 0 Å². The molecule has 1 heterocycles. The summed E-state index contributed by atoms with van der Waals surface area (Å²) >= 11 is 0. The highest BCUT2D eigenvalue weighted by molar-refractivity contribution is 6.15. The molecule has 8 aromatic rings. The molecule has 0 atom stereocenters. The van der Waals surface area contributed by atoms with Gasteiger partial charge in [-0.1, -0.05) is 105 Å². The Bertz CT molecular complexity index is 2810. The minimum atomic E-state index is -5.64. The fourth-order valence-corrected chi connectivity index (χ4v) is 8.78. The van der Waals surface area contributed by atoms with Crippen molar-refractivity contribution in [1.82, 2.24) is 4.57 Å². The van der Waals surface area contributed by atoms with Crippen molar-refractivity contribution in [1.29, 1.82) is 0 Å². The highest BCUT2D eigenvalue weighted by Gasteiger charge is 2.80. The molecular weight excluding hydrogens is 656 g/mol. The molecule has 0 N–H and O–H groups in total. The number of hydrogen-bond acceptors (Lipinski definition) is 0. The topological polar surface area (TPSA) is 4.93 Å². The van der Waals surface area contributed by atoms with Crippen molar-refractivity contribution in [2.75, 3.05) is 0 Å². The summed E-state index contributed by atoms with van der Waals surface area (Å²) in [6.45, 7) is 4.32. The van der Waals surface area contributed by atoms with Gasteiger partial charge < -0.3 is 4.57 Å². The van der Waals surface area contributed by atoms with Crippen molar-refractivity contribution in [3.8, 4) is 27.9 Å². The zero-order valence-corrected chi connectivity index (χ0v) is 27.3. The van der Waals surface area contributed by atoms with E-state index in [1.807, 2.05) is 41.0 Å². The van der Waals surface area contributed by atoms with Gasteiger partial charge in [-0.3, -0.25) is 0 Å². The summed E-state index contributed by atoms with van der Waals surface area (Å²) in [5.41, 5.74) is 4.62. The Kier molecular flexibility index (Phi) is 5.70. The average molecular weight is 684 g/mol. The monoisotopic (exact) mass is 683 g/mol. The number of halogens is 6. The maximum atomic E-state index is 16.0. The van der Waals surface area contributed by atoms with Crippen molar-refractivity contribution in [3.63, 3.8) is 0 Å². The Hall–Kier alpha value is -5.56. The highest BCUT2D eigenvalue weighted by Crippen LogP contribution is 2.66. The third-order valence-electron chi connectivity index (χ3n) is 11.3. The van der Waals surface area contributed by atoms with Crippen LogP contribution in [-0.2, 0) is 17.3 Å². The van der Waals surface area contributed by atoms with Crippen LogP contribution in [0.4, 0.5) is 26.3 Å². The molecule has 0 aliphatic heterocycles. The molecular formula is C44H27F6N. The number of hydrogen-bond donors (Lipinski definition) is 0. The number of aromatic nitrogens is 1. The van der Waals surface area contributed by atoms with Crippen LogP contribution in [0.5, 0.6) is 0 Å². The standard InChI is InChI=1S/C44H27F6N/c1-41(2)35-14-8-6-12-29(35)31-22-32-30-13-7-9-15-37(30)51(38(32)23-36(31)41)26-17-19-28-27-18-16-25(24-10-4-3-5-11-24)20-33(27)39-40(34(28)21-26)43(47,48)44(49,50)42(39,45)46/h3-23H,1-2H3. The van der Waals surface area contributed by atoms with E-state index in [1.54, 1.807) is 54.6 Å². The summed E-state index contributed by atoms with van der Waals surface area (Å²) in [6.07, 6.45) is 0. The average Bonchev–Trinajstić information content (AvgIpc) is 3.61. The van der Waals surface area contributed by atoms with Gasteiger partial charge in [0, 0.05) is 33.0 Å². The van der Waals surface area contributed by atoms with Crippen LogP contribution in [0.25, 0.3) is 71.3 Å². The second kappa shape index (κ2) is 9.60. The molecule has 0 amide bonds. The van der Waals surface area contributed by atoms with Crippen LogP contribution in [0.3, 0.4) is 0 Å². The molecule has 0 saturated carbocycles. The van der Waals surface area contributed by atoms with E-state index in [9.17, 15) is 0 Å². The van der Waals surface area contributed by atoms with Crippen LogP contribution < -0.4 is 0 Å². The van der Waals surface area contributed by atoms with Gasteiger partial charge in [-0.2, -0.15) is 26.3 Å². The van der Waals surface area contributed by atoms with E-state index in [-0.39, 0.29) is 27.0 Å². The molecule has 0 saturated heterocycles.